The molecule has 3 N–H and O–H groups in total. The first-order chi connectivity index (χ1) is 17.0. The van der Waals surface area contributed by atoms with Crippen molar-refractivity contribution in [3.63, 3.8) is 0 Å². The number of halogens is 4. The fourth-order valence-electron chi connectivity index (χ4n) is 4.87. The van der Waals surface area contributed by atoms with Crippen LogP contribution in [0, 0.1) is 5.92 Å². The maximum atomic E-state index is 13.6. The van der Waals surface area contributed by atoms with Crippen molar-refractivity contribution in [3.8, 4) is 0 Å². The third-order valence-electron chi connectivity index (χ3n) is 6.64. The van der Waals surface area contributed by atoms with E-state index in [1.54, 1.807) is 0 Å². The largest absolute Gasteiger partial charge is 0.418 e. The van der Waals surface area contributed by atoms with Gasteiger partial charge < -0.3 is 16.0 Å². The van der Waals surface area contributed by atoms with Gasteiger partial charge in [-0.3, -0.25) is 4.90 Å². The number of nitrogens with one attached hydrogen (secondary N) is 1. The summed E-state index contributed by atoms with van der Waals surface area (Å²) in [5, 5.41) is 4.44. The van der Waals surface area contributed by atoms with Crippen molar-refractivity contribution in [3.05, 3.63) is 59.1 Å². The van der Waals surface area contributed by atoms with E-state index in [0.717, 1.165) is 59.1 Å². The van der Waals surface area contributed by atoms with Gasteiger partial charge >= 0.3 is 12.2 Å². The normalized spacial score (nSPS) is 18.2. The molecule has 36 heavy (non-hydrogen) atoms. The van der Waals surface area contributed by atoms with E-state index in [1.165, 1.54) is 12.1 Å². The smallest absolute Gasteiger partial charge is 0.377 e. The van der Waals surface area contributed by atoms with Crippen LogP contribution in [-0.2, 0) is 6.18 Å². The van der Waals surface area contributed by atoms with E-state index in [9.17, 15) is 18.0 Å². The van der Waals surface area contributed by atoms with E-state index >= 15 is 0 Å². The van der Waals surface area contributed by atoms with Crippen molar-refractivity contribution >= 4 is 45.7 Å². The van der Waals surface area contributed by atoms with Gasteiger partial charge in [0.15, 0.2) is 0 Å². The minimum Gasteiger partial charge on any atom is -0.377 e. The SMILES string of the molecule is CN(C)c1cc(NC2CCC(CN(C(N)=O)c3c(Cl)cccc3C(F)(F)F)CC2)nc2ccccc12. The fourth-order valence-corrected chi connectivity index (χ4v) is 5.14. The second-order valence-electron chi connectivity index (χ2n) is 9.38. The number of hydrogen-bond acceptors (Lipinski definition) is 4. The summed E-state index contributed by atoms with van der Waals surface area (Å²) in [6.45, 7) is 0.0773. The fraction of sp³-hybridized carbons (Fsp3) is 0.385. The molecule has 0 saturated heterocycles. The number of amides is 2. The molecule has 1 heterocycles. The van der Waals surface area contributed by atoms with Crippen LogP contribution < -0.4 is 20.9 Å². The maximum absolute atomic E-state index is 13.6. The molecular weight excluding hydrogens is 491 g/mol. The lowest BCUT2D eigenvalue weighted by molar-refractivity contribution is -0.137. The quantitative estimate of drug-likeness (QED) is 0.388. The van der Waals surface area contributed by atoms with Gasteiger partial charge in [0.05, 0.1) is 21.8 Å². The molecule has 0 unspecified atom stereocenters. The minimum atomic E-state index is -4.66. The summed E-state index contributed by atoms with van der Waals surface area (Å²) >= 11 is 6.11. The number of nitrogens with zero attached hydrogens (tertiary/aromatic N) is 3. The Labute approximate surface area is 213 Å². The highest BCUT2D eigenvalue weighted by molar-refractivity contribution is 6.34. The lowest BCUT2D eigenvalue weighted by atomic mass is 9.85. The number of fused-ring (bicyclic) bond motifs is 1. The van der Waals surface area contributed by atoms with Crippen LogP contribution in [-0.4, -0.2) is 37.7 Å². The van der Waals surface area contributed by atoms with E-state index < -0.39 is 17.8 Å². The number of benzene rings is 2. The molecule has 1 fully saturated rings. The summed E-state index contributed by atoms with van der Waals surface area (Å²) in [5.74, 6) is 0.778. The van der Waals surface area contributed by atoms with Gasteiger partial charge in [0, 0.05) is 43.8 Å². The zero-order valence-corrected chi connectivity index (χ0v) is 20.9. The third-order valence-corrected chi connectivity index (χ3v) is 6.95. The van der Waals surface area contributed by atoms with Crippen LogP contribution in [0.15, 0.2) is 48.5 Å². The Kier molecular flexibility index (Phi) is 7.49. The number of primary amides is 1. The van der Waals surface area contributed by atoms with Gasteiger partial charge in [0.1, 0.15) is 5.82 Å². The molecule has 1 saturated carbocycles. The van der Waals surface area contributed by atoms with Gasteiger partial charge in [0.2, 0.25) is 0 Å². The second-order valence-corrected chi connectivity index (χ2v) is 9.79. The van der Waals surface area contributed by atoms with Crippen LogP contribution in [0.3, 0.4) is 0 Å². The van der Waals surface area contributed by atoms with Gasteiger partial charge in [-0.1, -0.05) is 35.9 Å². The summed E-state index contributed by atoms with van der Waals surface area (Å²) in [6.07, 6.45) is -1.63. The number of para-hydroxylation sites is 2. The highest BCUT2D eigenvalue weighted by atomic mass is 35.5. The average molecular weight is 520 g/mol. The number of anilines is 3. The number of hydrogen-bond donors (Lipinski definition) is 2. The number of carbonyl (C=O) groups is 1. The molecule has 10 heteroatoms. The molecule has 1 aromatic heterocycles. The third kappa shape index (κ3) is 5.61. The van der Waals surface area contributed by atoms with E-state index in [-0.39, 0.29) is 29.2 Å². The molecule has 0 bridgehead atoms. The number of carbonyl (C=O) groups excluding carboxylic acids is 1. The number of urea groups is 1. The second kappa shape index (κ2) is 10.4. The summed E-state index contributed by atoms with van der Waals surface area (Å²) in [6, 6.07) is 12.7. The first kappa shape index (κ1) is 25.9. The number of alkyl halides is 3. The van der Waals surface area contributed by atoms with Crippen molar-refractivity contribution in [1.82, 2.24) is 4.98 Å². The van der Waals surface area contributed by atoms with Gasteiger partial charge in [-0.25, -0.2) is 9.78 Å². The zero-order chi connectivity index (χ0) is 26.0. The molecule has 0 spiro atoms. The van der Waals surface area contributed by atoms with Crippen LogP contribution in [0.5, 0.6) is 0 Å². The summed E-state index contributed by atoms with van der Waals surface area (Å²) in [5.41, 5.74) is 6.13. The van der Waals surface area contributed by atoms with E-state index in [1.807, 2.05) is 44.4 Å². The van der Waals surface area contributed by atoms with Crippen molar-refractivity contribution in [1.29, 1.82) is 0 Å². The first-order valence-electron chi connectivity index (χ1n) is 11.8. The topological polar surface area (TPSA) is 74.5 Å². The van der Waals surface area contributed by atoms with Crippen LogP contribution in [0.25, 0.3) is 10.9 Å². The summed E-state index contributed by atoms with van der Waals surface area (Å²) in [4.78, 5) is 20.0. The molecule has 2 amide bonds. The molecule has 6 nitrogen and oxygen atoms in total. The Morgan fingerprint density at radius 3 is 2.44 bits per heavy atom. The van der Waals surface area contributed by atoms with Crippen molar-refractivity contribution < 1.29 is 18.0 Å². The number of pyridine rings is 1. The van der Waals surface area contributed by atoms with Crippen LogP contribution in [0.1, 0.15) is 31.2 Å². The monoisotopic (exact) mass is 519 g/mol. The number of aromatic nitrogens is 1. The molecule has 3 aromatic rings. The van der Waals surface area contributed by atoms with Crippen LogP contribution >= 0.6 is 11.6 Å². The lowest BCUT2D eigenvalue weighted by Crippen LogP contribution is -2.42. The minimum absolute atomic E-state index is 0.00481. The molecule has 1 aliphatic rings. The van der Waals surface area contributed by atoms with Crippen molar-refractivity contribution in [2.24, 2.45) is 11.7 Å². The summed E-state index contributed by atoms with van der Waals surface area (Å²) in [7, 11) is 3.98. The lowest BCUT2D eigenvalue weighted by Gasteiger charge is -2.34. The van der Waals surface area contributed by atoms with Gasteiger partial charge in [-0.2, -0.15) is 13.2 Å². The molecule has 0 radical (unpaired) electrons. The molecular formula is C26H29ClF3N5O. The molecule has 0 atom stereocenters. The summed E-state index contributed by atoms with van der Waals surface area (Å²) < 4.78 is 40.8. The van der Waals surface area contributed by atoms with E-state index in [0.29, 0.717) is 0 Å². The number of rotatable bonds is 6. The molecule has 1 aliphatic carbocycles. The molecule has 2 aromatic carbocycles. The highest BCUT2D eigenvalue weighted by Crippen LogP contribution is 2.41. The first-order valence-corrected chi connectivity index (χ1v) is 12.2. The Morgan fingerprint density at radius 2 is 1.81 bits per heavy atom. The van der Waals surface area contributed by atoms with E-state index in [2.05, 4.69) is 10.2 Å². The molecule has 4 rings (SSSR count). The van der Waals surface area contributed by atoms with Crippen molar-refractivity contribution in [2.45, 2.75) is 37.9 Å². The Bertz CT molecular complexity index is 1240. The predicted octanol–water partition coefficient (Wildman–Crippen LogP) is 6.53. The van der Waals surface area contributed by atoms with Gasteiger partial charge in [-0.15, -0.1) is 0 Å². The Hall–Kier alpha value is -3.20. The van der Waals surface area contributed by atoms with Crippen LogP contribution in [0.2, 0.25) is 5.02 Å². The van der Waals surface area contributed by atoms with Gasteiger partial charge in [-0.05, 0) is 49.8 Å². The molecule has 0 aliphatic heterocycles. The van der Waals surface area contributed by atoms with Crippen molar-refractivity contribution in [2.75, 3.05) is 35.8 Å². The Balaban J connectivity index is 1.46. The standard InChI is InChI=1S/C26H29ClF3N5O/c1-34(2)22-14-23(33-21-9-4-3-6-18(21)22)32-17-12-10-16(11-13-17)15-35(25(31)36)24-19(26(28,29)30)7-5-8-20(24)27/h3-9,14,16-17H,10-13,15H2,1-2H3,(H2,31,36)(H,32,33). The van der Waals surface area contributed by atoms with E-state index in [4.69, 9.17) is 22.3 Å². The number of nitrogens with two attached hydrogens (primary N) is 1. The highest BCUT2D eigenvalue weighted by Gasteiger charge is 2.37. The maximum Gasteiger partial charge on any atom is 0.418 e. The molecule has 192 valence electrons. The average Bonchev–Trinajstić information content (AvgIpc) is 2.82. The predicted molar refractivity (Wildman–Crippen MR) is 139 cm³/mol. The van der Waals surface area contributed by atoms with Gasteiger partial charge in [0.25, 0.3) is 0 Å². The Morgan fingerprint density at radius 1 is 1.11 bits per heavy atom. The van der Waals surface area contributed by atoms with Crippen LogP contribution in [0.4, 0.5) is 35.2 Å². The zero-order valence-electron chi connectivity index (χ0n) is 20.1.